The van der Waals surface area contributed by atoms with E-state index >= 15 is 0 Å². The van der Waals surface area contributed by atoms with Crippen molar-refractivity contribution in [2.24, 2.45) is 17.8 Å². The van der Waals surface area contributed by atoms with Crippen LogP contribution in [0, 0.1) is 17.8 Å². The molecule has 250 valence electrons. The van der Waals surface area contributed by atoms with Crippen LogP contribution >= 0.6 is 0 Å². The van der Waals surface area contributed by atoms with Gasteiger partial charge in [0.05, 0.1) is 5.92 Å². The number of fused-ring (bicyclic) bond motifs is 6. The Bertz CT molecular complexity index is 2200. The Morgan fingerprint density at radius 3 is 2.22 bits per heavy atom. The molecule has 4 aromatic rings. The fraction of sp³-hybridized carbons (Fsp3) is 0.208. The number of allylic oxidation sites excluding steroid dienone is 10. The van der Waals surface area contributed by atoms with E-state index in [9.17, 15) is 0 Å². The highest BCUT2D eigenvalue weighted by Crippen LogP contribution is 2.62. The minimum atomic E-state index is -0.221. The second-order valence-corrected chi connectivity index (χ2v) is 14.8. The van der Waals surface area contributed by atoms with Gasteiger partial charge in [-0.3, -0.25) is 4.90 Å². The molecule has 2 aliphatic heterocycles. The zero-order valence-electron chi connectivity index (χ0n) is 28.9. The van der Waals surface area contributed by atoms with Crippen LogP contribution in [0.5, 0.6) is 0 Å². The molecule has 7 atom stereocenters. The predicted octanol–water partition coefficient (Wildman–Crippen LogP) is 11.2. The molecule has 0 N–H and O–H groups in total. The van der Waals surface area contributed by atoms with E-state index in [0.717, 1.165) is 24.4 Å². The molecular formula is C48H42N2O. The molecule has 0 fully saturated rings. The fourth-order valence-corrected chi connectivity index (χ4v) is 9.85. The number of benzene rings is 4. The molecule has 0 saturated heterocycles. The summed E-state index contributed by atoms with van der Waals surface area (Å²) >= 11 is 0. The molecule has 0 amide bonds. The second-order valence-electron chi connectivity index (χ2n) is 14.8. The van der Waals surface area contributed by atoms with Gasteiger partial charge in [-0.25, -0.2) is 0 Å². The molecule has 4 aromatic carbocycles. The first kappa shape index (κ1) is 30.3. The molecule has 0 saturated carbocycles. The lowest BCUT2D eigenvalue weighted by molar-refractivity contribution is 0.101. The van der Waals surface area contributed by atoms with E-state index in [0.29, 0.717) is 11.8 Å². The van der Waals surface area contributed by atoms with Gasteiger partial charge in [0, 0.05) is 40.0 Å². The molecule has 0 radical (unpaired) electrons. The minimum absolute atomic E-state index is 0.116. The topological polar surface area (TPSA) is 15.7 Å². The quantitative estimate of drug-likeness (QED) is 0.204. The van der Waals surface area contributed by atoms with Crippen LogP contribution < -0.4 is 4.90 Å². The van der Waals surface area contributed by atoms with Crippen molar-refractivity contribution in [3.05, 3.63) is 216 Å². The summed E-state index contributed by atoms with van der Waals surface area (Å²) in [5.74, 6) is 2.35. The molecule has 2 heterocycles. The van der Waals surface area contributed by atoms with E-state index in [-0.39, 0.29) is 29.4 Å². The van der Waals surface area contributed by atoms with Crippen molar-refractivity contribution in [2.75, 3.05) is 4.90 Å². The SMILES string of the molecule is CC1C=CC(N(C2=CC3C(C=C2)c2ccccc2C3(c2ccccc2)C2C=CC=CC2)C2=CC3c4ccccc4N(c4ccccc4)C3O2)=CC1. The Morgan fingerprint density at radius 2 is 1.43 bits per heavy atom. The third-order valence-electron chi connectivity index (χ3n) is 12.1. The van der Waals surface area contributed by atoms with E-state index in [1.165, 1.54) is 39.3 Å². The van der Waals surface area contributed by atoms with Crippen molar-refractivity contribution >= 4 is 11.4 Å². The number of hydrogen-bond donors (Lipinski definition) is 0. The first-order chi connectivity index (χ1) is 25.2. The molecule has 10 rings (SSSR count). The standard InChI is InChI=1S/C48H42N2O/c1-33-25-27-37(28-26-33)49(46-32-42-41-22-12-14-24-45(41)50(47(42)51-46)36-19-9-4-10-20-36)38-29-30-40-39-21-11-13-23-43(39)48(44(40)31-38,34-15-5-2-6-16-34)35-17-7-3-8-18-35/h2-17,19-25,27-33,35,40,42,44,47H,18,26H2,1H3. The molecule has 3 heteroatoms. The van der Waals surface area contributed by atoms with Gasteiger partial charge < -0.3 is 9.64 Å². The van der Waals surface area contributed by atoms with E-state index in [4.69, 9.17) is 4.74 Å². The van der Waals surface area contributed by atoms with Crippen LogP contribution in [0.4, 0.5) is 11.4 Å². The Morgan fingerprint density at radius 1 is 0.686 bits per heavy atom. The van der Waals surface area contributed by atoms with Crippen LogP contribution in [0.25, 0.3) is 0 Å². The van der Waals surface area contributed by atoms with Gasteiger partial charge in [-0.15, -0.1) is 0 Å². The Balaban J connectivity index is 1.13. The highest BCUT2D eigenvalue weighted by atomic mass is 16.5. The molecule has 7 unspecified atom stereocenters. The van der Waals surface area contributed by atoms with Gasteiger partial charge >= 0.3 is 0 Å². The van der Waals surface area contributed by atoms with Crippen molar-refractivity contribution in [2.45, 2.75) is 43.2 Å². The predicted molar refractivity (Wildman–Crippen MR) is 207 cm³/mol. The summed E-state index contributed by atoms with van der Waals surface area (Å²) in [6.45, 7) is 2.29. The highest BCUT2D eigenvalue weighted by molar-refractivity contribution is 5.73. The van der Waals surface area contributed by atoms with E-state index in [1.54, 1.807) is 0 Å². The lowest BCUT2D eigenvalue weighted by Gasteiger charge is -2.44. The molecule has 4 aliphatic carbocycles. The number of hydrogen-bond acceptors (Lipinski definition) is 3. The summed E-state index contributed by atoms with van der Waals surface area (Å²) in [5.41, 5.74) is 10.1. The van der Waals surface area contributed by atoms with Crippen molar-refractivity contribution in [1.82, 2.24) is 4.90 Å². The summed E-state index contributed by atoms with van der Waals surface area (Å²) < 4.78 is 7.20. The summed E-state index contributed by atoms with van der Waals surface area (Å²) in [7, 11) is 0. The third-order valence-corrected chi connectivity index (χ3v) is 12.1. The number of anilines is 2. The van der Waals surface area contributed by atoms with E-state index in [1.807, 2.05) is 0 Å². The second kappa shape index (κ2) is 12.1. The fourth-order valence-electron chi connectivity index (χ4n) is 9.85. The Kier molecular flexibility index (Phi) is 7.16. The highest BCUT2D eigenvalue weighted by Gasteiger charge is 2.56. The normalized spacial score (nSPS) is 29.4. The van der Waals surface area contributed by atoms with Gasteiger partial charge in [-0.1, -0.05) is 147 Å². The first-order valence-corrected chi connectivity index (χ1v) is 18.6. The van der Waals surface area contributed by atoms with Crippen molar-refractivity contribution in [1.29, 1.82) is 0 Å². The monoisotopic (exact) mass is 662 g/mol. The largest absolute Gasteiger partial charge is 0.454 e. The van der Waals surface area contributed by atoms with Crippen LogP contribution in [-0.4, -0.2) is 11.1 Å². The average molecular weight is 663 g/mol. The molecule has 0 bridgehead atoms. The third kappa shape index (κ3) is 4.64. The van der Waals surface area contributed by atoms with Crippen LogP contribution in [-0.2, 0) is 10.2 Å². The molecular weight excluding hydrogens is 621 g/mol. The van der Waals surface area contributed by atoms with Crippen molar-refractivity contribution in [3.8, 4) is 0 Å². The van der Waals surface area contributed by atoms with Crippen LogP contribution in [0.3, 0.4) is 0 Å². The molecule has 6 aliphatic rings. The smallest absolute Gasteiger partial charge is 0.197 e. The van der Waals surface area contributed by atoms with Crippen molar-refractivity contribution in [3.63, 3.8) is 0 Å². The molecule has 3 nitrogen and oxygen atoms in total. The summed E-state index contributed by atoms with van der Waals surface area (Å²) in [5, 5.41) is 0. The molecule has 0 aromatic heterocycles. The van der Waals surface area contributed by atoms with Gasteiger partial charge in [-0.2, -0.15) is 0 Å². The average Bonchev–Trinajstić information content (AvgIpc) is 3.84. The Labute approximate surface area is 301 Å². The van der Waals surface area contributed by atoms with E-state index < -0.39 is 0 Å². The summed E-state index contributed by atoms with van der Waals surface area (Å²) in [6, 6.07) is 40.0. The van der Waals surface area contributed by atoms with Crippen LogP contribution in [0.2, 0.25) is 0 Å². The molecule has 51 heavy (non-hydrogen) atoms. The van der Waals surface area contributed by atoms with Gasteiger partial charge in [-0.05, 0) is 83.4 Å². The summed E-state index contributed by atoms with van der Waals surface area (Å²) in [6.07, 6.45) is 28.0. The van der Waals surface area contributed by atoms with Gasteiger partial charge in [0.15, 0.2) is 12.1 Å². The lowest BCUT2D eigenvalue weighted by atomic mass is 9.58. The van der Waals surface area contributed by atoms with E-state index in [2.05, 4.69) is 193 Å². The number of para-hydroxylation sites is 2. The lowest BCUT2D eigenvalue weighted by Crippen LogP contribution is -2.41. The van der Waals surface area contributed by atoms with Crippen molar-refractivity contribution < 1.29 is 4.74 Å². The molecule has 0 spiro atoms. The number of ether oxygens (including phenoxy) is 1. The maximum Gasteiger partial charge on any atom is 0.197 e. The minimum Gasteiger partial charge on any atom is -0.454 e. The first-order valence-electron chi connectivity index (χ1n) is 18.6. The Hall–Kier alpha value is -5.54. The summed E-state index contributed by atoms with van der Waals surface area (Å²) in [4.78, 5) is 4.79. The number of nitrogens with zero attached hydrogens (tertiary/aromatic N) is 2. The zero-order valence-corrected chi connectivity index (χ0v) is 28.9. The maximum absolute atomic E-state index is 7.20. The zero-order chi connectivity index (χ0) is 33.9. The van der Waals surface area contributed by atoms with Gasteiger partial charge in [0.1, 0.15) is 0 Å². The number of rotatable bonds is 6. The van der Waals surface area contributed by atoms with Crippen LogP contribution in [0.1, 0.15) is 53.9 Å². The maximum atomic E-state index is 7.20. The van der Waals surface area contributed by atoms with Crippen LogP contribution in [0.15, 0.2) is 193 Å². The van der Waals surface area contributed by atoms with Gasteiger partial charge in [0.2, 0.25) is 0 Å². The van der Waals surface area contributed by atoms with Gasteiger partial charge in [0.25, 0.3) is 0 Å².